The van der Waals surface area contributed by atoms with Gasteiger partial charge in [0.05, 0.1) is 6.20 Å². The van der Waals surface area contributed by atoms with E-state index in [9.17, 15) is 0 Å². The van der Waals surface area contributed by atoms with E-state index in [1.807, 2.05) is 0 Å². The molecule has 5 heteroatoms. The molecule has 1 aromatic heterocycles. The lowest BCUT2D eigenvalue weighted by molar-refractivity contribution is 0.441. The van der Waals surface area contributed by atoms with Crippen molar-refractivity contribution in [2.75, 3.05) is 23.3 Å². The molecule has 1 N–H and O–H groups in total. The summed E-state index contributed by atoms with van der Waals surface area (Å²) >= 11 is 0. The molecule has 0 amide bonds. The van der Waals surface area contributed by atoms with E-state index < -0.39 is 0 Å². The van der Waals surface area contributed by atoms with Gasteiger partial charge in [0, 0.05) is 19.6 Å². The largest absolute Gasteiger partial charge is 0.365 e. The number of aromatic nitrogens is 3. The molecule has 0 bridgehead atoms. The summed E-state index contributed by atoms with van der Waals surface area (Å²) in [6.45, 7) is 7.15. The van der Waals surface area contributed by atoms with Gasteiger partial charge in [-0.25, -0.2) is 0 Å². The molecule has 116 valence electrons. The van der Waals surface area contributed by atoms with Gasteiger partial charge in [0.25, 0.3) is 0 Å². The minimum absolute atomic E-state index is 0.696. The Morgan fingerprint density at radius 3 is 2.86 bits per heavy atom. The van der Waals surface area contributed by atoms with Gasteiger partial charge in [0.15, 0.2) is 5.82 Å². The van der Waals surface area contributed by atoms with E-state index >= 15 is 0 Å². The van der Waals surface area contributed by atoms with Gasteiger partial charge in [0.1, 0.15) is 0 Å². The van der Waals surface area contributed by atoms with E-state index in [1.165, 1.54) is 24.0 Å². The minimum atomic E-state index is 0.696. The Morgan fingerprint density at radius 2 is 2.09 bits per heavy atom. The summed E-state index contributed by atoms with van der Waals surface area (Å²) in [6, 6.07) is 8.50. The predicted octanol–water partition coefficient (Wildman–Crippen LogP) is 3.03. The van der Waals surface area contributed by atoms with Gasteiger partial charge in [-0.3, -0.25) is 0 Å². The zero-order valence-corrected chi connectivity index (χ0v) is 13.3. The van der Waals surface area contributed by atoms with Crippen molar-refractivity contribution in [3.05, 3.63) is 41.6 Å². The molecule has 1 unspecified atom stereocenters. The molecule has 5 nitrogen and oxygen atoms in total. The molecule has 0 saturated carbocycles. The van der Waals surface area contributed by atoms with Gasteiger partial charge in [-0.05, 0) is 31.2 Å². The van der Waals surface area contributed by atoms with Crippen molar-refractivity contribution < 1.29 is 0 Å². The lowest BCUT2D eigenvalue weighted by Gasteiger charge is -2.30. The minimum Gasteiger partial charge on any atom is -0.365 e. The second-order valence-electron chi connectivity index (χ2n) is 6.17. The molecule has 1 saturated heterocycles. The van der Waals surface area contributed by atoms with Crippen molar-refractivity contribution in [2.24, 2.45) is 5.92 Å². The number of benzene rings is 1. The highest BCUT2D eigenvalue weighted by atomic mass is 15.3. The molecule has 0 aliphatic carbocycles. The quantitative estimate of drug-likeness (QED) is 0.940. The average molecular weight is 297 g/mol. The zero-order valence-electron chi connectivity index (χ0n) is 13.3. The Hall–Kier alpha value is -2.17. The van der Waals surface area contributed by atoms with Gasteiger partial charge < -0.3 is 10.2 Å². The van der Waals surface area contributed by atoms with Crippen LogP contribution in [0.2, 0.25) is 0 Å². The van der Waals surface area contributed by atoms with Crippen LogP contribution in [0.4, 0.5) is 11.8 Å². The normalized spacial score (nSPS) is 18.3. The zero-order chi connectivity index (χ0) is 15.4. The number of piperidine rings is 1. The second kappa shape index (κ2) is 6.73. The van der Waals surface area contributed by atoms with Crippen LogP contribution >= 0.6 is 0 Å². The van der Waals surface area contributed by atoms with Crippen molar-refractivity contribution in [2.45, 2.75) is 33.2 Å². The molecule has 3 rings (SSSR count). The van der Waals surface area contributed by atoms with Crippen LogP contribution in [-0.2, 0) is 6.54 Å². The molecule has 1 fully saturated rings. The van der Waals surface area contributed by atoms with Crippen LogP contribution in [-0.4, -0.2) is 28.3 Å². The van der Waals surface area contributed by atoms with Crippen LogP contribution in [0.1, 0.15) is 30.9 Å². The Kier molecular flexibility index (Phi) is 4.51. The van der Waals surface area contributed by atoms with Crippen molar-refractivity contribution in [3.8, 4) is 0 Å². The molecule has 1 aromatic carbocycles. The first-order chi connectivity index (χ1) is 10.7. The molecule has 2 heterocycles. The number of hydrogen-bond donors (Lipinski definition) is 1. The van der Waals surface area contributed by atoms with Crippen LogP contribution in [0, 0.1) is 12.8 Å². The van der Waals surface area contributed by atoms with Crippen LogP contribution in [0.15, 0.2) is 30.5 Å². The third-order valence-electron chi connectivity index (χ3n) is 4.08. The van der Waals surface area contributed by atoms with E-state index in [-0.39, 0.29) is 0 Å². The van der Waals surface area contributed by atoms with Gasteiger partial charge in [-0.2, -0.15) is 10.1 Å². The molecular weight excluding hydrogens is 274 g/mol. The Balaban J connectivity index is 1.64. The summed E-state index contributed by atoms with van der Waals surface area (Å²) in [5.41, 5.74) is 2.51. The maximum Gasteiger partial charge on any atom is 0.247 e. The van der Waals surface area contributed by atoms with Crippen molar-refractivity contribution >= 4 is 11.8 Å². The molecular formula is C17H23N5. The van der Waals surface area contributed by atoms with Crippen LogP contribution in [0.25, 0.3) is 0 Å². The number of hydrogen-bond acceptors (Lipinski definition) is 5. The Morgan fingerprint density at radius 1 is 1.27 bits per heavy atom. The third kappa shape index (κ3) is 3.72. The molecule has 2 aromatic rings. The maximum atomic E-state index is 4.60. The number of anilines is 2. The SMILES string of the molecule is Cc1ccc(CNc2cnnc(N3CCCC(C)C3)n2)cc1. The number of nitrogens with zero attached hydrogens (tertiary/aromatic N) is 4. The van der Waals surface area contributed by atoms with E-state index in [4.69, 9.17) is 0 Å². The monoisotopic (exact) mass is 297 g/mol. The highest BCUT2D eigenvalue weighted by molar-refractivity contribution is 5.40. The van der Waals surface area contributed by atoms with Crippen LogP contribution in [0.3, 0.4) is 0 Å². The highest BCUT2D eigenvalue weighted by Crippen LogP contribution is 2.20. The smallest absolute Gasteiger partial charge is 0.247 e. The Bertz CT molecular complexity index is 611. The second-order valence-corrected chi connectivity index (χ2v) is 6.17. The van der Waals surface area contributed by atoms with E-state index in [0.717, 1.165) is 31.4 Å². The first-order valence-corrected chi connectivity index (χ1v) is 7.95. The van der Waals surface area contributed by atoms with Crippen molar-refractivity contribution in [3.63, 3.8) is 0 Å². The first-order valence-electron chi connectivity index (χ1n) is 7.95. The fourth-order valence-electron chi connectivity index (χ4n) is 2.78. The van der Waals surface area contributed by atoms with E-state index in [1.54, 1.807) is 6.20 Å². The lowest BCUT2D eigenvalue weighted by atomic mass is 10.0. The lowest BCUT2D eigenvalue weighted by Crippen LogP contribution is -2.35. The number of rotatable bonds is 4. The maximum absolute atomic E-state index is 4.60. The highest BCUT2D eigenvalue weighted by Gasteiger charge is 2.19. The fraction of sp³-hybridized carbons (Fsp3) is 0.471. The molecule has 1 aliphatic heterocycles. The number of aryl methyl sites for hydroxylation is 1. The first kappa shape index (κ1) is 14.8. The Labute approximate surface area is 131 Å². The van der Waals surface area contributed by atoms with Gasteiger partial charge in [-0.15, -0.1) is 5.10 Å². The number of nitrogens with one attached hydrogen (secondary N) is 1. The fourth-order valence-corrected chi connectivity index (χ4v) is 2.78. The summed E-state index contributed by atoms with van der Waals surface area (Å²) in [4.78, 5) is 6.84. The van der Waals surface area contributed by atoms with Crippen molar-refractivity contribution in [1.29, 1.82) is 0 Å². The molecule has 0 spiro atoms. The topological polar surface area (TPSA) is 53.9 Å². The molecule has 1 aliphatic rings. The van der Waals surface area contributed by atoms with Crippen LogP contribution in [0.5, 0.6) is 0 Å². The van der Waals surface area contributed by atoms with Crippen LogP contribution < -0.4 is 10.2 Å². The molecule has 1 atom stereocenters. The molecule has 0 radical (unpaired) electrons. The van der Waals surface area contributed by atoms with E-state index in [0.29, 0.717) is 5.92 Å². The standard InChI is InChI=1S/C17H23N5/c1-13-5-7-15(8-6-13)10-18-16-11-19-21-17(20-16)22-9-3-4-14(2)12-22/h5-8,11,14H,3-4,9-10,12H2,1-2H3,(H,18,20,21). The van der Waals surface area contributed by atoms with E-state index in [2.05, 4.69) is 63.5 Å². The summed E-state index contributed by atoms with van der Waals surface area (Å²) in [5, 5.41) is 11.6. The average Bonchev–Trinajstić information content (AvgIpc) is 2.55. The summed E-state index contributed by atoms with van der Waals surface area (Å²) in [7, 11) is 0. The summed E-state index contributed by atoms with van der Waals surface area (Å²) in [6.07, 6.45) is 4.17. The van der Waals surface area contributed by atoms with Gasteiger partial charge in [-0.1, -0.05) is 36.8 Å². The van der Waals surface area contributed by atoms with Crippen molar-refractivity contribution in [1.82, 2.24) is 15.2 Å². The summed E-state index contributed by atoms with van der Waals surface area (Å²) < 4.78 is 0. The van der Waals surface area contributed by atoms with Gasteiger partial charge in [0.2, 0.25) is 5.95 Å². The van der Waals surface area contributed by atoms with Gasteiger partial charge >= 0.3 is 0 Å². The molecule has 22 heavy (non-hydrogen) atoms. The predicted molar refractivity (Wildman–Crippen MR) is 88.9 cm³/mol. The summed E-state index contributed by atoms with van der Waals surface area (Å²) in [5.74, 6) is 2.21. The third-order valence-corrected chi connectivity index (χ3v) is 4.08.